The molecule has 0 aliphatic heterocycles. The summed E-state index contributed by atoms with van der Waals surface area (Å²) in [6.07, 6.45) is 3.79. The van der Waals surface area contributed by atoms with E-state index in [4.69, 9.17) is 10.5 Å². The van der Waals surface area contributed by atoms with E-state index < -0.39 is 5.54 Å². The first-order valence-electron chi connectivity index (χ1n) is 5.75. The summed E-state index contributed by atoms with van der Waals surface area (Å²) in [5.41, 5.74) is 6.63. The van der Waals surface area contributed by atoms with Crippen LogP contribution in [0.2, 0.25) is 0 Å². The van der Waals surface area contributed by atoms with Gasteiger partial charge in [-0.3, -0.25) is 4.79 Å². The third-order valence-electron chi connectivity index (χ3n) is 2.94. The molecule has 0 spiro atoms. The molecule has 0 bridgehead atoms. The first-order chi connectivity index (χ1) is 7.90. The molecule has 1 aromatic rings. The topological polar surface area (TPSA) is 70.1 Å². The fourth-order valence-corrected chi connectivity index (χ4v) is 1.88. The van der Waals surface area contributed by atoms with Crippen molar-refractivity contribution >= 4 is 5.97 Å². The first kappa shape index (κ1) is 13.7. The van der Waals surface area contributed by atoms with Gasteiger partial charge in [0.15, 0.2) is 0 Å². The molecule has 0 amide bonds. The maximum Gasteiger partial charge on any atom is 0.306 e. The molecule has 1 unspecified atom stereocenters. The van der Waals surface area contributed by atoms with Crippen LogP contribution in [0.1, 0.15) is 38.8 Å². The molecule has 0 aromatic carbocycles. The molecule has 1 heterocycles. The maximum absolute atomic E-state index is 11.5. The van der Waals surface area contributed by atoms with Crippen LogP contribution < -0.4 is 5.73 Å². The minimum Gasteiger partial charge on any atom is -0.469 e. The quantitative estimate of drug-likeness (QED) is 0.786. The zero-order chi connectivity index (χ0) is 13.1. The molecule has 0 saturated heterocycles. The van der Waals surface area contributed by atoms with Crippen molar-refractivity contribution in [1.82, 2.24) is 9.55 Å². The lowest BCUT2D eigenvalue weighted by atomic mass is 9.83. The normalized spacial score (nSPS) is 13.5. The van der Waals surface area contributed by atoms with Crippen molar-refractivity contribution in [3.8, 4) is 0 Å². The molecule has 0 fully saturated rings. The van der Waals surface area contributed by atoms with Gasteiger partial charge < -0.3 is 15.0 Å². The Morgan fingerprint density at radius 2 is 2.29 bits per heavy atom. The standard InChI is InChI=1S/C12H21N3O2/c1-5-15-8-14-7-10(15)9(12(2,3)13)6-11(16)17-4/h7-9H,5-6,13H2,1-4H3. The van der Waals surface area contributed by atoms with Crippen LogP contribution in [-0.2, 0) is 16.1 Å². The Kier molecular flexibility index (Phi) is 4.28. The number of carbonyl (C=O) groups excluding carboxylic acids is 1. The molecule has 1 aromatic heterocycles. The van der Waals surface area contributed by atoms with Gasteiger partial charge in [-0.05, 0) is 20.8 Å². The number of aromatic nitrogens is 2. The number of aryl methyl sites for hydroxylation is 1. The molecule has 0 saturated carbocycles. The summed E-state index contributed by atoms with van der Waals surface area (Å²) in [5.74, 6) is -0.352. The molecule has 5 heteroatoms. The molecule has 1 atom stereocenters. The number of imidazole rings is 1. The average Bonchev–Trinajstić information content (AvgIpc) is 2.71. The second-order valence-corrected chi connectivity index (χ2v) is 4.76. The number of hydrogen-bond acceptors (Lipinski definition) is 4. The van der Waals surface area contributed by atoms with Gasteiger partial charge in [0.05, 0.1) is 19.9 Å². The van der Waals surface area contributed by atoms with E-state index in [-0.39, 0.29) is 18.3 Å². The molecular weight excluding hydrogens is 218 g/mol. The maximum atomic E-state index is 11.5. The summed E-state index contributed by atoms with van der Waals surface area (Å²) < 4.78 is 6.73. The number of nitrogens with two attached hydrogens (primary N) is 1. The Morgan fingerprint density at radius 3 is 2.76 bits per heavy atom. The van der Waals surface area contributed by atoms with E-state index in [0.717, 1.165) is 12.2 Å². The molecule has 1 rings (SSSR count). The highest BCUT2D eigenvalue weighted by Crippen LogP contribution is 2.29. The van der Waals surface area contributed by atoms with Crippen molar-refractivity contribution in [1.29, 1.82) is 0 Å². The Labute approximate surface area is 102 Å². The fraction of sp³-hybridized carbons (Fsp3) is 0.667. The van der Waals surface area contributed by atoms with Crippen molar-refractivity contribution in [3.05, 3.63) is 18.2 Å². The van der Waals surface area contributed by atoms with Gasteiger partial charge in [-0.1, -0.05) is 0 Å². The number of methoxy groups -OCH3 is 1. The first-order valence-corrected chi connectivity index (χ1v) is 5.75. The Balaban J connectivity index is 3.03. The van der Waals surface area contributed by atoms with Gasteiger partial charge >= 0.3 is 5.97 Å². The summed E-state index contributed by atoms with van der Waals surface area (Å²) in [7, 11) is 1.39. The molecule has 0 aliphatic rings. The highest BCUT2D eigenvalue weighted by Gasteiger charge is 2.31. The van der Waals surface area contributed by atoms with Crippen LogP contribution in [0.25, 0.3) is 0 Å². The second kappa shape index (κ2) is 5.31. The predicted octanol–water partition coefficient (Wildman–Crippen LogP) is 1.29. The Bertz CT molecular complexity index is 379. The lowest BCUT2D eigenvalue weighted by Crippen LogP contribution is -2.41. The number of rotatable bonds is 5. The van der Waals surface area contributed by atoms with E-state index in [1.807, 2.05) is 25.3 Å². The third-order valence-corrected chi connectivity index (χ3v) is 2.94. The molecule has 17 heavy (non-hydrogen) atoms. The van der Waals surface area contributed by atoms with Crippen LogP contribution in [0, 0.1) is 0 Å². The van der Waals surface area contributed by atoms with Gasteiger partial charge in [0, 0.05) is 29.9 Å². The number of ether oxygens (including phenoxy) is 1. The summed E-state index contributed by atoms with van der Waals surface area (Å²) in [4.78, 5) is 15.6. The van der Waals surface area contributed by atoms with E-state index in [0.29, 0.717) is 0 Å². The van der Waals surface area contributed by atoms with Crippen LogP contribution in [-0.4, -0.2) is 28.2 Å². The lowest BCUT2D eigenvalue weighted by molar-refractivity contribution is -0.141. The zero-order valence-electron chi connectivity index (χ0n) is 10.9. The summed E-state index contributed by atoms with van der Waals surface area (Å²) in [6, 6.07) is 0. The highest BCUT2D eigenvalue weighted by molar-refractivity contribution is 5.70. The highest BCUT2D eigenvalue weighted by atomic mass is 16.5. The summed E-state index contributed by atoms with van der Waals surface area (Å²) in [5, 5.41) is 0. The van der Waals surface area contributed by atoms with Crippen molar-refractivity contribution in [2.75, 3.05) is 7.11 Å². The lowest BCUT2D eigenvalue weighted by Gasteiger charge is -2.30. The van der Waals surface area contributed by atoms with Gasteiger partial charge in [-0.2, -0.15) is 0 Å². The van der Waals surface area contributed by atoms with Gasteiger partial charge in [-0.15, -0.1) is 0 Å². The fourth-order valence-electron chi connectivity index (χ4n) is 1.88. The van der Waals surface area contributed by atoms with Crippen molar-refractivity contribution in [2.24, 2.45) is 5.73 Å². The second-order valence-electron chi connectivity index (χ2n) is 4.76. The van der Waals surface area contributed by atoms with Crippen LogP contribution in [0.3, 0.4) is 0 Å². The average molecular weight is 239 g/mol. The molecule has 2 N–H and O–H groups in total. The third kappa shape index (κ3) is 3.30. The Hall–Kier alpha value is -1.36. The van der Waals surface area contributed by atoms with Crippen LogP contribution >= 0.6 is 0 Å². The zero-order valence-corrected chi connectivity index (χ0v) is 10.9. The molecule has 96 valence electrons. The van der Waals surface area contributed by atoms with E-state index in [1.54, 1.807) is 12.5 Å². The summed E-state index contributed by atoms with van der Waals surface area (Å²) >= 11 is 0. The van der Waals surface area contributed by atoms with E-state index in [9.17, 15) is 4.79 Å². The van der Waals surface area contributed by atoms with E-state index in [2.05, 4.69) is 4.98 Å². The number of carbonyl (C=O) groups is 1. The van der Waals surface area contributed by atoms with Crippen molar-refractivity contribution in [2.45, 2.75) is 45.2 Å². The van der Waals surface area contributed by atoms with Gasteiger partial charge in [-0.25, -0.2) is 4.98 Å². The molecule has 0 aliphatic carbocycles. The largest absolute Gasteiger partial charge is 0.469 e. The molecular formula is C12H21N3O2. The molecule has 0 radical (unpaired) electrons. The van der Waals surface area contributed by atoms with Crippen LogP contribution in [0.15, 0.2) is 12.5 Å². The van der Waals surface area contributed by atoms with Crippen LogP contribution in [0.4, 0.5) is 0 Å². The predicted molar refractivity (Wildman–Crippen MR) is 65.5 cm³/mol. The van der Waals surface area contributed by atoms with E-state index in [1.165, 1.54) is 7.11 Å². The monoisotopic (exact) mass is 239 g/mol. The van der Waals surface area contributed by atoms with Crippen molar-refractivity contribution < 1.29 is 9.53 Å². The molecule has 5 nitrogen and oxygen atoms in total. The van der Waals surface area contributed by atoms with Gasteiger partial charge in [0.1, 0.15) is 0 Å². The van der Waals surface area contributed by atoms with Crippen molar-refractivity contribution in [3.63, 3.8) is 0 Å². The minimum absolute atomic E-state index is 0.0996. The van der Waals surface area contributed by atoms with Crippen LogP contribution in [0.5, 0.6) is 0 Å². The SMILES string of the molecule is CCn1cncc1C(CC(=O)OC)C(C)(C)N. The Morgan fingerprint density at radius 1 is 1.65 bits per heavy atom. The number of esters is 1. The minimum atomic E-state index is -0.499. The summed E-state index contributed by atoms with van der Waals surface area (Å²) in [6.45, 7) is 6.66. The van der Waals surface area contributed by atoms with Gasteiger partial charge in [0.25, 0.3) is 0 Å². The smallest absolute Gasteiger partial charge is 0.306 e. The van der Waals surface area contributed by atoms with E-state index >= 15 is 0 Å². The number of hydrogen-bond donors (Lipinski definition) is 1. The van der Waals surface area contributed by atoms with Gasteiger partial charge in [0.2, 0.25) is 0 Å². The number of nitrogens with zero attached hydrogens (tertiary/aromatic N) is 2.